The fourth-order valence-electron chi connectivity index (χ4n) is 2.87. The number of rotatable bonds is 3. The lowest BCUT2D eigenvalue weighted by Crippen LogP contribution is -2.34. The van der Waals surface area contributed by atoms with Crippen LogP contribution in [0.2, 0.25) is 0 Å². The molecule has 1 aromatic carbocycles. The third-order valence-corrected chi connectivity index (χ3v) is 4.15. The predicted octanol–water partition coefficient (Wildman–Crippen LogP) is 3.57. The number of benzene rings is 1. The van der Waals surface area contributed by atoms with Crippen LogP contribution in [0.3, 0.4) is 0 Å². The average molecular weight is 285 g/mol. The Kier molecular flexibility index (Phi) is 3.51. The molecule has 0 saturated heterocycles. The zero-order chi connectivity index (χ0) is 15.0. The van der Waals surface area contributed by atoms with Crippen molar-refractivity contribution in [1.82, 2.24) is 9.88 Å². The van der Waals surface area contributed by atoms with Gasteiger partial charge in [-0.05, 0) is 38.0 Å². The maximum atomic E-state index is 11.1. The van der Waals surface area contributed by atoms with Gasteiger partial charge in [-0.25, -0.2) is 0 Å². The molecule has 1 aliphatic rings. The minimum atomic E-state index is -0.324. The molecule has 2 heterocycles. The van der Waals surface area contributed by atoms with Gasteiger partial charge in [0.1, 0.15) is 0 Å². The van der Waals surface area contributed by atoms with Crippen LogP contribution in [0.4, 0.5) is 5.69 Å². The Morgan fingerprint density at radius 2 is 2.19 bits per heavy atom. The standard InChI is InChI=1S/C16H19N3O2/c1-11(2)18-8-6-12(7-9-18)15-10-13-14(17-15)4-3-5-16(13)19(20)21/h3-6,10-11,17H,7-9H2,1-2H3. The number of nitrogens with one attached hydrogen (secondary N) is 1. The molecular weight excluding hydrogens is 266 g/mol. The van der Waals surface area contributed by atoms with E-state index in [1.54, 1.807) is 12.1 Å². The number of nitro groups is 1. The summed E-state index contributed by atoms with van der Waals surface area (Å²) >= 11 is 0. The molecular formula is C16H19N3O2. The highest BCUT2D eigenvalue weighted by molar-refractivity contribution is 5.92. The number of hydrogen-bond donors (Lipinski definition) is 1. The highest BCUT2D eigenvalue weighted by atomic mass is 16.6. The van der Waals surface area contributed by atoms with Crippen molar-refractivity contribution in [2.24, 2.45) is 0 Å². The minimum Gasteiger partial charge on any atom is -0.355 e. The summed E-state index contributed by atoms with van der Waals surface area (Å²) in [5, 5.41) is 11.8. The van der Waals surface area contributed by atoms with Crippen LogP contribution in [0.15, 0.2) is 30.3 Å². The van der Waals surface area contributed by atoms with E-state index in [2.05, 4.69) is 29.8 Å². The molecule has 0 bridgehead atoms. The number of hydrogen-bond acceptors (Lipinski definition) is 3. The highest BCUT2D eigenvalue weighted by Crippen LogP contribution is 2.30. The Hall–Kier alpha value is -2.14. The molecule has 110 valence electrons. The van der Waals surface area contributed by atoms with Crippen LogP contribution in [0.25, 0.3) is 16.5 Å². The Morgan fingerprint density at radius 3 is 2.81 bits per heavy atom. The normalized spacial score (nSPS) is 16.4. The van der Waals surface area contributed by atoms with Crippen molar-refractivity contribution in [3.05, 3.63) is 46.1 Å². The maximum absolute atomic E-state index is 11.1. The fourth-order valence-corrected chi connectivity index (χ4v) is 2.87. The van der Waals surface area contributed by atoms with Gasteiger partial charge in [0, 0.05) is 30.9 Å². The first-order valence-electron chi connectivity index (χ1n) is 7.26. The molecule has 0 radical (unpaired) electrons. The lowest BCUT2D eigenvalue weighted by atomic mass is 10.0. The Balaban J connectivity index is 1.96. The number of non-ortho nitro benzene ring substituents is 1. The summed E-state index contributed by atoms with van der Waals surface area (Å²) in [6, 6.07) is 7.61. The van der Waals surface area contributed by atoms with Gasteiger partial charge in [0.2, 0.25) is 0 Å². The molecule has 1 aliphatic heterocycles. The van der Waals surface area contributed by atoms with Gasteiger partial charge >= 0.3 is 0 Å². The molecule has 21 heavy (non-hydrogen) atoms. The molecule has 3 rings (SSSR count). The first-order valence-corrected chi connectivity index (χ1v) is 7.26. The molecule has 0 unspecified atom stereocenters. The number of nitro benzene ring substituents is 1. The second kappa shape index (κ2) is 5.33. The van der Waals surface area contributed by atoms with Gasteiger partial charge in [0.25, 0.3) is 5.69 Å². The Morgan fingerprint density at radius 1 is 1.38 bits per heavy atom. The topological polar surface area (TPSA) is 62.2 Å². The molecule has 0 saturated carbocycles. The van der Waals surface area contributed by atoms with Crippen LogP contribution in [0.5, 0.6) is 0 Å². The Labute approximate surface area is 123 Å². The zero-order valence-corrected chi connectivity index (χ0v) is 12.3. The molecule has 1 N–H and O–H groups in total. The van der Waals surface area contributed by atoms with Crippen LogP contribution in [-0.4, -0.2) is 33.9 Å². The van der Waals surface area contributed by atoms with Crippen LogP contribution >= 0.6 is 0 Å². The van der Waals surface area contributed by atoms with E-state index in [1.165, 1.54) is 5.57 Å². The zero-order valence-electron chi connectivity index (χ0n) is 12.3. The van der Waals surface area contributed by atoms with E-state index in [0.717, 1.165) is 30.7 Å². The van der Waals surface area contributed by atoms with Crippen LogP contribution < -0.4 is 0 Å². The third-order valence-electron chi connectivity index (χ3n) is 4.15. The van der Waals surface area contributed by atoms with Crippen molar-refractivity contribution < 1.29 is 4.92 Å². The van der Waals surface area contributed by atoms with Crippen molar-refractivity contribution in [3.63, 3.8) is 0 Å². The molecule has 5 heteroatoms. The second-order valence-electron chi connectivity index (χ2n) is 5.75. The SMILES string of the molecule is CC(C)N1CC=C(c2cc3c([N+](=O)[O-])cccc3[nH]2)CC1. The smallest absolute Gasteiger partial charge is 0.278 e. The number of aromatic nitrogens is 1. The molecule has 0 fully saturated rings. The summed E-state index contributed by atoms with van der Waals surface area (Å²) in [5.41, 5.74) is 3.24. The molecule has 2 aromatic rings. The van der Waals surface area contributed by atoms with E-state index < -0.39 is 0 Å². The molecule has 5 nitrogen and oxygen atoms in total. The predicted molar refractivity (Wildman–Crippen MR) is 84.3 cm³/mol. The summed E-state index contributed by atoms with van der Waals surface area (Å²) < 4.78 is 0. The molecule has 0 amide bonds. The summed E-state index contributed by atoms with van der Waals surface area (Å²) in [6.07, 6.45) is 3.19. The third kappa shape index (κ3) is 2.56. The molecule has 1 aromatic heterocycles. The van der Waals surface area contributed by atoms with Crippen molar-refractivity contribution in [1.29, 1.82) is 0 Å². The maximum Gasteiger partial charge on any atom is 0.278 e. The van der Waals surface area contributed by atoms with Gasteiger partial charge in [0.15, 0.2) is 0 Å². The fraction of sp³-hybridized carbons (Fsp3) is 0.375. The van der Waals surface area contributed by atoms with E-state index in [9.17, 15) is 10.1 Å². The number of H-pyrrole nitrogens is 1. The summed E-state index contributed by atoms with van der Waals surface area (Å²) in [7, 11) is 0. The van der Waals surface area contributed by atoms with Gasteiger partial charge in [0.05, 0.1) is 15.8 Å². The highest BCUT2D eigenvalue weighted by Gasteiger charge is 2.18. The van der Waals surface area contributed by atoms with E-state index in [-0.39, 0.29) is 10.6 Å². The van der Waals surface area contributed by atoms with E-state index in [4.69, 9.17) is 0 Å². The van der Waals surface area contributed by atoms with Crippen molar-refractivity contribution in [2.75, 3.05) is 13.1 Å². The van der Waals surface area contributed by atoms with Crippen LogP contribution in [0.1, 0.15) is 26.0 Å². The van der Waals surface area contributed by atoms with Crippen molar-refractivity contribution in [2.45, 2.75) is 26.3 Å². The van der Waals surface area contributed by atoms with Crippen LogP contribution in [-0.2, 0) is 0 Å². The largest absolute Gasteiger partial charge is 0.355 e. The van der Waals surface area contributed by atoms with E-state index in [0.29, 0.717) is 11.4 Å². The van der Waals surface area contributed by atoms with Gasteiger partial charge < -0.3 is 4.98 Å². The summed E-state index contributed by atoms with van der Waals surface area (Å²) in [5.74, 6) is 0. The quantitative estimate of drug-likeness (QED) is 0.692. The first kappa shape index (κ1) is 13.8. The number of aromatic amines is 1. The first-order chi connectivity index (χ1) is 10.1. The molecule has 0 aliphatic carbocycles. The summed E-state index contributed by atoms with van der Waals surface area (Å²) in [4.78, 5) is 16.5. The van der Waals surface area contributed by atoms with Gasteiger partial charge in [-0.2, -0.15) is 0 Å². The average Bonchev–Trinajstić information content (AvgIpc) is 2.90. The number of fused-ring (bicyclic) bond motifs is 1. The van der Waals surface area contributed by atoms with Crippen molar-refractivity contribution in [3.8, 4) is 0 Å². The van der Waals surface area contributed by atoms with Gasteiger partial charge in [-0.1, -0.05) is 12.1 Å². The summed E-state index contributed by atoms with van der Waals surface area (Å²) in [6.45, 7) is 6.36. The van der Waals surface area contributed by atoms with Crippen molar-refractivity contribution >= 4 is 22.2 Å². The number of nitrogens with zero attached hydrogens (tertiary/aromatic N) is 2. The Bertz CT molecular complexity index is 715. The molecule has 0 atom stereocenters. The van der Waals surface area contributed by atoms with Gasteiger partial charge in [-0.3, -0.25) is 15.0 Å². The van der Waals surface area contributed by atoms with E-state index >= 15 is 0 Å². The second-order valence-corrected chi connectivity index (χ2v) is 5.75. The van der Waals surface area contributed by atoms with Crippen LogP contribution in [0, 0.1) is 10.1 Å². The monoisotopic (exact) mass is 285 g/mol. The minimum absolute atomic E-state index is 0.162. The lowest BCUT2D eigenvalue weighted by Gasteiger charge is -2.29. The lowest BCUT2D eigenvalue weighted by molar-refractivity contribution is -0.383. The van der Waals surface area contributed by atoms with E-state index in [1.807, 2.05) is 12.1 Å². The molecule has 0 spiro atoms. The van der Waals surface area contributed by atoms with Gasteiger partial charge in [-0.15, -0.1) is 0 Å².